The maximum Gasteiger partial charge on any atom is 0.243 e. The summed E-state index contributed by atoms with van der Waals surface area (Å²) in [5.41, 5.74) is 1.93. The highest BCUT2D eigenvalue weighted by Gasteiger charge is 2.36. The van der Waals surface area contributed by atoms with Gasteiger partial charge in [-0.05, 0) is 18.7 Å². The quantitative estimate of drug-likeness (QED) is 0.864. The number of fused-ring (bicyclic) bond motifs is 1. The van der Waals surface area contributed by atoms with Crippen LogP contribution in [0.1, 0.15) is 12.5 Å². The lowest BCUT2D eigenvalue weighted by molar-refractivity contribution is -0.125. The van der Waals surface area contributed by atoms with Gasteiger partial charge in [0.25, 0.3) is 0 Å². The Morgan fingerprint density at radius 1 is 1.17 bits per heavy atom. The van der Waals surface area contributed by atoms with E-state index in [0.717, 1.165) is 44.0 Å². The molecule has 2 aliphatic rings. The highest BCUT2D eigenvalue weighted by molar-refractivity contribution is 6.02. The molecule has 1 aromatic rings. The van der Waals surface area contributed by atoms with Crippen molar-refractivity contribution < 1.29 is 9.59 Å². The Labute approximate surface area is 143 Å². The molecule has 0 aromatic heterocycles. The van der Waals surface area contributed by atoms with Gasteiger partial charge in [-0.15, -0.1) is 0 Å². The third-order valence-electron chi connectivity index (χ3n) is 4.94. The summed E-state index contributed by atoms with van der Waals surface area (Å²) >= 11 is 0. The molecule has 0 bridgehead atoms. The first-order chi connectivity index (χ1) is 11.6. The minimum absolute atomic E-state index is 0.0597. The van der Waals surface area contributed by atoms with Crippen LogP contribution in [-0.4, -0.2) is 74.0 Å². The van der Waals surface area contributed by atoms with E-state index >= 15 is 0 Å². The fourth-order valence-electron chi connectivity index (χ4n) is 3.51. The SMILES string of the molecule is CC(=O)N1c2ccccc2CC1C(=O)NCCN1CCN(C)CC1. The van der Waals surface area contributed by atoms with Crippen molar-refractivity contribution in [1.29, 1.82) is 0 Å². The van der Waals surface area contributed by atoms with E-state index in [2.05, 4.69) is 22.2 Å². The van der Waals surface area contributed by atoms with Crippen molar-refractivity contribution in [2.45, 2.75) is 19.4 Å². The van der Waals surface area contributed by atoms with Crippen LogP contribution in [0.2, 0.25) is 0 Å². The van der Waals surface area contributed by atoms with Crippen molar-refractivity contribution in [3.8, 4) is 0 Å². The van der Waals surface area contributed by atoms with Crippen molar-refractivity contribution >= 4 is 17.5 Å². The second-order valence-electron chi connectivity index (χ2n) is 6.67. The van der Waals surface area contributed by atoms with E-state index in [1.807, 2.05) is 24.3 Å². The van der Waals surface area contributed by atoms with Crippen molar-refractivity contribution in [3.05, 3.63) is 29.8 Å². The van der Waals surface area contributed by atoms with Crippen LogP contribution in [0.3, 0.4) is 0 Å². The number of hydrogen-bond acceptors (Lipinski definition) is 4. The van der Waals surface area contributed by atoms with Crippen LogP contribution in [0.25, 0.3) is 0 Å². The van der Waals surface area contributed by atoms with Crippen LogP contribution in [0, 0.1) is 0 Å². The Bertz CT molecular complexity index is 611. The topological polar surface area (TPSA) is 55.9 Å². The first-order valence-electron chi connectivity index (χ1n) is 8.62. The molecule has 0 aliphatic carbocycles. The lowest BCUT2D eigenvalue weighted by Gasteiger charge is -2.32. The van der Waals surface area contributed by atoms with Crippen molar-refractivity contribution in [3.63, 3.8) is 0 Å². The van der Waals surface area contributed by atoms with Gasteiger partial charge in [0.2, 0.25) is 11.8 Å². The van der Waals surface area contributed by atoms with E-state index in [9.17, 15) is 9.59 Å². The van der Waals surface area contributed by atoms with Gasteiger partial charge in [-0.1, -0.05) is 18.2 Å². The molecule has 130 valence electrons. The number of anilines is 1. The normalized spacial score (nSPS) is 21.6. The summed E-state index contributed by atoms with van der Waals surface area (Å²) in [4.78, 5) is 30.9. The van der Waals surface area contributed by atoms with Gasteiger partial charge in [0, 0.05) is 58.3 Å². The number of nitrogens with one attached hydrogen (secondary N) is 1. The molecule has 24 heavy (non-hydrogen) atoms. The number of amides is 2. The van der Waals surface area contributed by atoms with Gasteiger partial charge < -0.3 is 10.2 Å². The largest absolute Gasteiger partial charge is 0.353 e. The second-order valence-corrected chi connectivity index (χ2v) is 6.67. The van der Waals surface area contributed by atoms with Gasteiger partial charge in [0.15, 0.2) is 0 Å². The molecule has 1 fully saturated rings. The lowest BCUT2D eigenvalue weighted by atomic mass is 10.1. The number of carbonyl (C=O) groups excluding carboxylic acids is 2. The Morgan fingerprint density at radius 3 is 2.58 bits per heavy atom. The number of hydrogen-bond donors (Lipinski definition) is 1. The summed E-state index contributed by atoms with van der Waals surface area (Å²) in [6.07, 6.45) is 0.593. The first kappa shape index (κ1) is 16.9. The fraction of sp³-hybridized carbons (Fsp3) is 0.556. The fourth-order valence-corrected chi connectivity index (χ4v) is 3.51. The van der Waals surface area contributed by atoms with E-state index in [-0.39, 0.29) is 11.8 Å². The Balaban J connectivity index is 1.54. The van der Waals surface area contributed by atoms with E-state index < -0.39 is 6.04 Å². The van der Waals surface area contributed by atoms with E-state index in [1.54, 1.807) is 4.90 Å². The third kappa shape index (κ3) is 3.60. The molecule has 0 saturated carbocycles. The van der Waals surface area contributed by atoms with Crippen LogP contribution in [0.4, 0.5) is 5.69 Å². The average Bonchev–Trinajstić information content (AvgIpc) is 2.96. The molecule has 2 heterocycles. The molecule has 0 radical (unpaired) electrons. The number of benzene rings is 1. The first-order valence-corrected chi connectivity index (χ1v) is 8.62. The van der Waals surface area contributed by atoms with Gasteiger partial charge in [0.05, 0.1) is 0 Å². The van der Waals surface area contributed by atoms with Gasteiger partial charge in [-0.25, -0.2) is 0 Å². The lowest BCUT2D eigenvalue weighted by Crippen LogP contribution is -2.50. The number of piperazine rings is 1. The van der Waals surface area contributed by atoms with Crippen molar-refractivity contribution in [2.24, 2.45) is 0 Å². The average molecular weight is 330 g/mol. The second kappa shape index (κ2) is 7.32. The van der Waals surface area contributed by atoms with Crippen LogP contribution in [-0.2, 0) is 16.0 Å². The van der Waals surface area contributed by atoms with Crippen LogP contribution >= 0.6 is 0 Å². The molecule has 6 nitrogen and oxygen atoms in total. The molecular weight excluding hydrogens is 304 g/mol. The number of rotatable bonds is 4. The number of para-hydroxylation sites is 1. The predicted octanol–water partition coefficient (Wildman–Crippen LogP) is 0.328. The standard InChI is InChI=1S/C18H26N4O2/c1-14(23)22-16-6-4-3-5-15(16)13-17(22)18(24)19-7-8-21-11-9-20(2)10-12-21/h3-6,17H,7-13H2,1-2H3,(H,19,24). The van der Waals surface area contributed by atoms with E-state index in [0.29, 0.717) is 13.0 Å². The van der Waals surface area contributed by atoms with Gasteiger partial charge >= 0.3 is 0 Å². The molecule has 0 spiro atoms. The minimum atomic E-state index is -0.424. The molecule has 1 atom stereocenters. The van der Waals surface area contributed by atoms with Crippen molar-refractivity contribution in [2.75, 3.05) is 51.2 Å². The predicted molar refractivity (Wildman–Crippen MR) is 94.0 cm³/mol. The molecular formula is C18H26N4O2. The molecule has 3 rings (SSSR count). The summed E-state index contributed by atoms with van der Waals surface area (Å²) in [5.74, 6) is -0.144. The summed E-state index contributed by atoms with van der Waals surface area (Å²) in [7, 11) is 2.13. The number of nitrogens with zero attached hydrogens (tertiary/aromatic N) is 3. The molecule has 6 heteroatoms. The summed E-state index contributed by atoms with van der Waals surface area (Å²) in [6.45, 7) is 7.24. The van der Waals surface area contributed by atoms with Gasteiger partial charge in [0.1, 0.15) is 6.04 Å². The Kier molecular flexibility index (Phi) is 5.16. The number of carbonyl (C=O) groups is 2. The summed E-state index contributed by atoms with van der Waals surface area (Å²) in [6, 6.07) is 7.33. The highest BCUT2D eigenvalue weighted by atomic mass is 16.2. The molecule has 2 amide bonds. The Hall–Kier alpha value is -1.92. The molecule has 1 saturated heterocycles. The van der Waals surface area contributed by atoms with Crippen LogP contribution in [0.15, 0.2) is 24.3 Å². The van der Waals surface area contributed by atoms with Crippen LogP contribution < -0.4 is 10.2 Å². The van der Waals surface area contributed by atoms with Crippen molar-refractivity contribution in [1.82, 2.24) is 15.1 Å². The zero-order chi connectivity index (χ0) is 17.1. The molecule has 1 aromatic carbocycles. The van der Waals surface area contributed by atoms with E-state index in [1.165, 1.54) is 6.92 Å². The monoisotopic (exact) mass is 330 g/mol. The maximum absolute atomic E-state index is 12.6. The zero-order valence-electron chi connectivity index (χ0n) is 14.5. The molecule has 1 N–H and O–H groups in total. The van der Waals surface area contributed by atoms with Crippen LogP contribution in [0.5, 0.6) is 0 Å². The number of likely N-dealkylation sites (N-methyl/N-ethyl adjacent to an activating group) is 1. The smallest absolute Gasteiger partial charge is 0.243 e. The molecule has 2 aliphatic heterocycles. The van der Waals surface area contributed by atoms with Gasteiger partial charge in [-0.2, -0.15) is 0 Å². The Morgan fingerprint density at radius 2 is 1.88 bits per heavy atom. The third-order valence-corrected chi connectivity index (χ3v) is 4.94. The highest BCUT2D eigenvalue weighted by Crippen LogP contribution is 2.32. The maximum atomic E-state index is 12.6. The summed E-state index contributed by atoms with van der Waals surface area (Å²) < 4.78 is 0. The minimum Gasteiger partial charge on any atom is -0.353 e. The van der Waals surface area contributed by atoms with Gasteiger partial charge in [-0.3, -0.25) is 19.4 Å². The zero-order valence-corrected chi connectivity index (χ0v) is 14.5. The molecule has 1 unspecified atom stereocenters. The van der Waals surface area contributed by atoms with E-state index in [4.69, 9.17) is 0 Å². The summed E-state index contributed by atoms with van der Waals surface area (Å²) in [5, 5.41) is 3.01.